The maximum Gasteiger partial charge on any atom is 0.227 e. The predicted molar refractivity (Wildman–Crippen MR) is 106 cm³/mol. The molecule has 1 aromatic heterocycles. The van der Waals surface area contributed by atoms with Crippen LogP contribution in [-0.4, -0.2) is 66.2 Å². The zero-order chi connectivity index (χ0) is 18.4. The summed E-state index contributed by atoms with van der Waals surface area (Å²) in [7, 11) is 0. The van der Waals surface area contributed by atoms with E-state index in [1.165, 1.54) is 0 Å². The highest BCUT2D eigenvalue weighted by Gasteiger charge is 2.22. The van der Waals surface area contributed by atoms with E-state index in [2.05, 4.69) is 60.0 Å². The van der Waals surface area contributed by atoms with Crippen LogP contribution in [0.1, 0.15) is 40.3 Å². The van der Waals surface area contributed by atoms with Crippen LogP contribution in [0.3, 0.4) is 0 Å². The zero-order valence-electron chi connectivity index (χ0n) is 16.8. The molecule has 0 aromatic carbocycles. The maximum absolute atomic E-state index is 4.71. The molecule has 0 amide bonds. The molecule has 142 valence electrons. The summed E-state index contributed by atoms with van der Waals surface area (Å²) in [6, 6.07) is 3.16. The molecule has 2 saturated heterocycles. The van der Waals surface area contributed by atoms with Gasteiger partial charge in [0.15, 0.2) is 0 Å². The van der Waals surface area contributed by atoms with Gasteiger partial charge in [-0.15, -0.1) is 0 Å². The topological polar surface area (TPSA) is 56.3 Å². The summed E-state index contributed by atoms with van der Waals surface area (Å²) in [5.74, 6) is 2.66. The first kappa shape index (κ1) is 19.9. The highest BCUT2D eigenvalue weighted by atomic mass is 15.3. The third-order valence-electron chi connectivity index (χ3n) is 4.30. The van der Waals surface area contributed by atoms with E-state index in [-0.39, 0.29) is 0 Å². The second-order valence-electron chi connectivity index (χ2n) is 8.04. The van der Waals surface area contributed by atoms with Gasteiger partial charge in [0.25, 0.3) is 0 Å². The number of hydrogen-bond donors (Lipinski definition) is 2. The van der Waals surface area contributed by atoms with Gasteiger partial charge in [-0.25, -0.2) is 4.98 Å². The molecule has 2 N–H and O–H groups in total. The monoisotopic (exact) mass is 348 g/mol. The molecule has 6 heteroatoms. The van der Waals surface area contributed by atoms with E-state index in [1.807, 2.05) is 13.0 Å². The number of rotatable bonds is 4. The molecule has 3 heterocycles. The van der Waals surface area contributed by atoms with E-state index in [9.17, 15) is 0 Å². The van der Waals surface area contributed by atoms with Gasteiger partial charge >= 0.3 is 0 Å². The molecule has 0 bridgehead atoms. The fourth-order valence-corrected chi connectivity index (χ4v) is 2.81. The Hall–Kier alpha value is -1.40. The Kier molecular flexibility index (Phi) is 7.44. The lowest BCUT2D eigenvalue weighted by molar-refractivity contribution is 0.208. The molecule has 1 aromatic rings. The molecule has 2 fully saturated rings. The normalized spacial score (nSPS) is 18.8. The summed E-state index contributed by atoms with van der Waals surface area (Å²) >= 11 is 0. The molecular weight excluding hydrogens is 312 g/mol. The van der Waals surface area contributed by atoms with Crippen molar-refractivity contribution in [3.8, 4) is 0 Å². The number of aryl methyl sites for hydroxylation is 1. The average Bonchev–Trinajstić information content (AvgIpc) is 2.50. The molecule has 0 atom stereocenters. The predicted octanol–water partition coefficient (Wildman–Crippen LogP) is 2.36. The summed E-state index contributed by atoms with van der Waals surface area (Å²) < 4.78 is 0. The van der Waals surface area contributed by atoms with E-state index >= 15 is 0 Å². The van der Waals surface area contributed by atoms with Crippen molar-refractivity contribution in [3.63, 3.8) is 0 Å². The highest BCUT2D eigenvalue weighted by Crippen LogP contribution is 2.17. The number of piperazine rings is 1. The second kappa shape index (κ2) is 9.34. The third-order valence-corrected chi connectivity index (χ3v) is 4.30. The molecule has 0 radical (unpaired) electrons. The van der Waals surface area contributed by atoms with Crippen LogP contribution in [0.2, 0.25) is 0 Å². The van der Waals surface area contributed by atoms with E-state index in [1.54, 1.807) is 0 Å². The first-order valence-electron chi connectivity index (χ1n) is 9.67. The van der Waals surface area contributed by atoms with Crippen LogP contribution in [-0.2, 0) is 0 Å². The maximum atomic E-state index is 4.71. The molecule has 2 aliphatic heterocycles. The minimum Gasteiger partial charge on any atom is -0.365 e. The number of anilines is 2. The van der Waals surface area contributed by atoms with Crippen molar-refractivity contribution in [3.05, 3.63) is 11.8 Å². The van der Waals surface area contributed by atoms with E-state index in [0.29, 0.717) is 12.1 Å². The van der Waals surface area contributed by atoms with Gasteiger partial charge in [-0.1, -0.05) is 20.8 Å². The first-order valence-corrected chi connectivity index (χ1v) is 9.67. The standard InChI is InChI=1S/C15H26N6.C4H10/c1-11(2)20-4-6-21(7-5-20)15-17-12(3)8-14(19-15)18-13-9-16-10-13;1-4(2)3/h8,11,13,16H,4-7,9-10H2,1-3H3,(H,17,18,19);4H,1-3H3. The highest BCUT2D eigenvalue weighted by molar-refractivity contribution is 5.45. The summed E-state index contributed by atoms with van der Waals surface area (Å²) in [6.07, 6.45) is 0. The zero-order valence-corrected chi connectivity index (χ0v) is 16.8. The lowest BCUT2D eigenvalue weighted by atomic mass is 10.2. The van der Waals surface area contributed by atoms with Gasteiger partial charge in [0.1, 0.15) is 5.82 Å². The molecule has 25 heavy (non-hydrogen) atoms. The third kappa shape index (κ3) is 6.44. The number of aromatic nitrogens is 2. The summed E-state index contributed by atoms with van der Waals surface area (Å²) in [6.45, 7) is 19.3. The fraction of sp³-hybridized carbons (Fsp3) is 0.789. The Morgan fingerprint density at radius 2 is 1.64 bits per heavy atom. The Morgan fingerprint density at radius 1 is 1.04 bits per heavy atom. The Labute approximate surface area is 153 Å². The second-order valence-corrected chi connectivity index (χ2v) is 8.04. The average molecular weight is 349 g/mol. The molecule has 3 rings (SSSR count). The first-order chi connectivity index (χ1) is 11.8. The van der Waals surface area contributed by atoms with Gasteiger partial charge in [-0.05, 0) is 26.7 Å². The Bertz CT molecular complexity index is 516. The molecule has 0 spiro atoms. The molecule has 6 nitrogen and oxygen atoms in total. The molecular formula is C19H36N6. The van der Waals surface area contributed by atoms with Gasteiger partial charge in [-0.3, -0.25) is 4.90 Å². The molecule has 2 aliphatic rings. The summed E-state index contributed by atoms with van der Waals surface area (Å²) in [5.41, 5.74) is 1.03. The van der Waals surface area contributed by atoms with Crippen molar-refractivity contribution in [1.29, 1.82) is 0 Å². The van der Waals surface area contributed by atoms with Crippen molar-refractivity contribution in [2.75, 3.05) is 49.5 Å². The lowest BCUT2D eigenvalue weighted by Gasteiger charge is -2.37. The number of nitrogens with zero attached hydrogens (tertiary/aromatic N) is 4. The van der Waals surface area contributed by atoms with Gasteiger partial charge in [-0.2, -0.15) is 4.98 Å². The van der Waals surface area contributed by atoms with Crippen molar-refractivity contribution in [2.45, 2.75) is 53.6 Å². The van der Waals surface area contributed by atoms with Gasteiger partial charge in [0.2, 0.25) is 5.95 Å². The van der Waals surface area contributed by atoms with Crippen LogP contribution >= 0.6 is 0 Å². The van der Waals surface area contributed by atoms with Gasteiger partial charge in [0.05, 0.1) is 6.04 Å². The molecule has 0 saturated carbocycles. The van der Waals surface area contributed by atoms with Gasteiger partial charge in [0, 0.05) is 57.1 Å². The minimum absolute atomic E-state index is 0.505. The van der Waals surface area contributed by atoms with Crippen LogP contribution in [0, 0.1) is 12.8 Å². The fourth-order valence-electron chi connectivity index (χ4n) is 2.81. The van der Waals surface area contributed by atoms with Crippen LogP contribution in [0.15, 0.2) is 6.07 Å². The largest absolute Gasteiger partial charge is 0.365 e. The van der Waals surface area contributed by atoms with E-state index in [0.717, 1.165) is 62.6 Å². The van der Waals surface area contributed by atoms with Crippen LogP contribution < -0.4 is 15.5 Å². The van der Waals surface area contributed by atoms with Crippen LogP contribution in [0.5, 0.6) is 0 Å². The van der Waals surface area contributed by atoms with Crippen molar-refractivity contribution in [1.82, 2.24) is 20.2 Å². The van der Waals surface area contributed by atoms with Crippen LogP contribution in [0.4, 0.5) is 11.8 Å². The molecule has 0 aliphatic carbocycles. The number of nitrogens with one attached hydrogen (secondary N) is 2. The Balaban J connectivity index is 0.000000511. The van der Waals surface area contributed by atoms with Crippen LogP contribution in [0.25, 0.3) is 0 Å². The van der Waals surface area contributed by atoms with Crippen molar-refractivity contribution in [2.24, 2.45) is 5.92 Å². The van der Waals surface area contributed by atoms with Crippen molar-refractivity contribution < 1.29 is 0 Å². The van der Waals surface area contributed by atoms with E-state index < -0.39 is 0 Å². The smallest absolute Gasteiger partial charge is 0.227 e. The summed E-state index contributed by atoms with van der Waals surface area (Å²) in [5, 5.41) is 6.74. The minimum atomic E-state index is 0.505. The SMILES string of the molecule is CC(C)C.Cc1cc(NC2CNC2)nc(N2CCN(C(C)C)CC2)n1. The lowest BCUT2D eigenvalue weighted by Crippen LogP contribution is -2.51. The molecule has 0 unspecified atom stereocenters. The van der Waals surface area contributed by atoms with Crippen molar-refractivity contribution >= 4 is 11.8 Å². The number of hydrogen-bond acceptors (Lipinski definition) is 6. The Morgan fingerprint density at radius 3 is 2.12 bits per heavy atom. The quantitative estimate of drug-likeness (QED) is 0.871. The van der Waals surface area contributed by atoms with Gasteiger partial charge < -0.3 is 15.5 Å². The summed E-state index contributed by atoms with van der Waals surface area (Å²) in [4.78, 5) is 14.1. The van der Waals surface area contributed by atoms with E-state index in [4.69, 9.17) is 4.98 Å².